The summed E-state index contributed by atoms with van der Waals surface area (Å²) >= 11 is 0. The number of morpholine rings is 1. The molecule has 1 atom stereocenters. The van der Waals surface area contributed by atoms with Gasteiger partial charge in [-0.05, 0) is 39.3 Å². The molecule has 3 rings (SSSR count). The van der Waals surface area contributed by atoms with Gasteiger partial charge in [0.2, 0.25) is 0 Å². The first-order valence-corrected chi connectivity index (χ1v) is 8.56. The molecule has 0 bridgehead atoms. The van der Waals surface area contributed by atoms with E-state index in [0.29, 0.717) is 25.3 Å². The van der Waals surface area contributed by atoms with Crippen LogP contribution >= 0.6 is 0 Å². The van der Waals surface area contributed by atoms with Gasteiger partial charge >= 0.3 is 0 Å². The van der Waals surface area contributed by atoms with Gasteiger partial charge in [-0.15, -0.1) is 0 Å². The maximum atomic E-state index is 12.5. The second-order valence-corrected chi connectivity index (χ2v) is 6.38. The zero-order chi connectivity index (χ0) is 17.8. The fraction of sp³-hybridized carbons (Fsp3) is 0.500. The van der Waals surface area contributed by atoms with E-state index in [4.69, 9.17) is 9.26 Å². The molecular formula is C18H24N4O3. The lowest BCUT2D eigenvalue weighted by Gasteiger charge is -2.28. The van der Waals surface area contributed by atoms with Crippen LogP contribution in [0, 0.1) is 13.8 Å². The minimum absolute atomic E-state index is 0.0434. The van der Waals surface area contributed by atoms with Crippen molar-refractivity contribution in [3.8, 4) is 0 Å². The van der Waals surface area contributed by atoms with Crippen molar-refractivity contribution in [2.24, 2.45) is 0 Å². The molecule has 1 aliphatic rings. The Morgan fingerprint density at radius 2 is 2.12 bits per heavy atom. The van der Waals surface area contributed by atoms with E-state index in [9.17, 15) is 4.79 Å². The molecule has 3 heterocycles. The first kappa shape index (κ1) is 17.4. The lowest BCUT2D eigenvalue weighted by atomic mass is 10.1. The molecule has 2 aromatic heterocycles. The van der Waals surface area contributed by atoms with Crippen LogP contribution in [0.1, 0.15) is 34.4 Å². The van der Waals surface area contributed by atoms with Gasteiger partial charge in [-0.2, -0.15) is 0 Å². The van der Waals surface area contributed by atoms with Crippen molar-refractivity contribution < 1.29 is 14.1 Å². The van der Waals surface area contributed by atoms with E-state index >= 15 is 0 Å². The average Bonchev–Trinajstić information content (AvgIpc) is 2.94. The predicted molar refractivity (Wildman–Crippen MR) is 93.9 cm³/mol. The van der Waals surface area contributed by atoms with Crippen LogP contribution in [0.3, 0.4) is 0 Å². The van der Waals surface area contributed by atoms with E-state index in [2.05, 4.69) is 20.4 Å². The summed E-state index contributed by atoms with van der Waals surface area (Å²) in [5, 5.41) is 6.96. The number of nitrogens with zero attached hydrogens (tertiary/aromatic N) is 3. The third-order valence-electron chi connectivity index (χ3n) is 4.42. The smallest absolute Gasteiger partial charge is 0.270 e. The number of nitrogens with one attached hydrogen (secondary N) is 1. The zero-order valence-corrected chi connectivity index (χ0v) is 14.9. The molecule has 7 heteroatoms. The van der Waals surface area contributed by atoms with Crippen LogP contribution in [0.5, 0.6) is 0 Å². The number of aromatic nitrogens is 2. The quantitative estimate of drug-likeness (QED) is 0.892. The van der Waals surface area contributed by atoms with Gasteiger partial charge < -0.3 is 19.5 Å². The number of carbonyl (C=O) groups is 1. The van der Waals surface area contributed by atoms with Crippen molar-refractivity contribution in [3.05, 3.63) is 41.0 Å². The standard InChI is InChI=1S/C18H24N4O3/c1-12(10-16-13(2)21-25-14(16)3)20-18(23)17-11-15(4-5-19-17)22-6-8-24-9-7-22/h4-5,11-12H,6-10H2,1-3H3,(H,20,23)/t12-/m0/s1. The molecule has 1 saturated heterocycles. The first-order valence-electron chi connectivity index (χ1n) is 8.56. The molecule has 0 radical (unpaired) electrons. The van der Waals surface area contributed by atoms with Gasteiger partial charge in [0, 0.05) is 36.6 Å². The van der Waals surface area contributed by atoms with Crippen molar-refractivity contribution in [1.82, 2.24) is 15.5 Å². The van der Waals surface area contributed by atoms with Gasteiger partial charge in [0.05, 0.1) is 18.9 Å². The molecule has 0 unspecified atom stereocenters. The highest BCUT2D eigenvalue weighted by atomic mass is 16.5. The minimum atomic E-state index is -0.172. The van der Waals surface area contributed by atoms with Gasteiger partial charge in [0.1, 0.15) is 11.5 Å². The summed E-state index contributed by atoms with van der Waals surface area (Å²) in [5.74, 6) is 0.625. The highest BCUT2D eigenvalue weighted by molar-refractivity contribution is 5.93. The fourth-order valence-electron chi connectivity index (χ4n) is 3.01. The predicted octanol–water partition coefficient (Wildman–Crippen LogP) is 1.88. The molecule has 25 heavy (non-hydrogen) atoms. The van der Waals surface area contributed by atoms with Gasteiger partial charge in [0.15, 0.2) is 0 Å². The Morgan fingerprint density at radius 3 is 2.80 bits per heavy atom. The lowest BCUT2D eigenvalue weighted by Crippen LogP contribution is -2.37. The number of anilines is 1. The van der Waals surface area contributed by atoms with Gasteiger partial charge in [-0.3, -0.25) is 9.78 Å². The summed E-state index contributed by atoms with van der Waals surface area (Å²) in [5.41, 5.74) is 3.34. The molecule has 2 aromatic rings. The van der Waals surface area contributed by atoms with Crippen LogP contribution in [0.2, 0.25) is 0 Å². The minimum Gasteiger partial charge on any atom is -0.378 e. The van der Waals surface area contributed by atoms with Crippen LogP contribution < -0.4 is 10.2 Å². The first-order chi connectivity index (χ1) is 12.0. The summed E-state index contributed by atoms with van der Waals surface area (Å²) in [6.07, 6.45) is 2.36. The monoisotopic (exact) mass is 344 g/mol. The Morgan fingerprint density at radius 1 is 1.36 bits per heavy atom. The van der Waals surface area contributed by atoms with E-state index in [0.717, 1.165) is 35.8 Å². The molecule has 134 valence electrons. The Kier molecular flexibility index (Phi) is 5.33. The van der Waals surface area contributed by atoms with E-state index in [1.165, 1.54) is 0 Å². The Labute approximate surface area is 147 Å². The topological polar surface area (TPSA) is 80.5 Å². The van der Waals surface area contributed by atoms with Crippen LogP contribution in [0.25, 0.3) is 0 Å². The number of ether oxygens (including phenoxy) is 1. The van der Waals surface area contributed by atoms with Crippen molar-refractivity contribution in [2.75, 3.05) is 31.2 Å². The Balaban J connectivity index is 1.64. The van der Waals surface area contributed by atoms with Crippen LogP contribution in [0.15, 0.2) is 22.9 Å². The van der Waals surface area contributed by atoms with E-state index in [1.807, 2.05) is 32.9 Å². The zero-order valence-electron chi connectivity index (χ0n) is 14.9. The Bertz CT molecular complexity index is 718. The number of hydrogen-bond acceptors (Lipinski definition) is 6. The molecule has 1 N–H and O–H groups in total. The van der Waals surface area contributed by atoms with E-state index in [1.54, 1.807) is 6.20 Å². The average molecular weight is 344 g/mol. The number of aryl methyl sites for hydroxylation is 2. The van der Waals surface area contributed by atoms with E-state index in [-0.39, 0.29) is 11.9 Å². The highest BCUT2D eigenvalue weighted by Gasteiger charge is 2.18. The molecule has 1 fully saturated rings. The second-order valence-electron chi connectivity index (χ2n) is 6.38. The molecular weight excluding hydrogens is 320 g/mol. The number of pyridine rings is 1. The van der Waals surface area contributed by atoms with Gasteiger partial charge in [-0.25, -0.2) is 0 Å². The van der Waals surface area contributed by atoms with Crippen molar-refractivity contribution >= 4 is 11.6 Å². The van der Waals surface area contributed by atoms with Crippen LogP contribution in [-0.2, 0) is 11.2 Å². The number of rotatable bonds is 5. The molecule has 0 aliphatic carbocycles. The van der Waals surface area contributed by atoms with Crippen molar-refractivity contribution in [3.63, 3.8) is 0 Å². The Hall–Kier alpha value is -2.41. The lowest BCUT2D eigenvalue weighted by molar-refractivity contribution is 0.0935. The van der Waals surface area contributed by atoms with Gasteiger partial charge in [0.25, 0.3) is 5.91 Å². The largest absolute Gasteiger partial charge is 0.378 e. The van der Waals surface area contributed by atoms with Crippen LogP contribution in [0.4, 0.5) is 5.69 Å². The summed E-state index contributed by atoms with van der Waals surface area (Å²) in [4.78, 5) is 19.0. The highest BCUT2D eigenvalue weighted by Crippen LogP contribution is 2.17. The molecule has 0 spiro atoms. The maximum Gasteiger partial charge on any atom is 0.270 e. The molecule has 1 aliphatic heterocycles. The van der Waals surface area contributed by atoms with Crippen molar-refractivity contribution in [2.45, 2.75) is 33.2 Å². The van der Waals surface area contributed by atoms with Crippen LogP contribution in [-0.4, -0.2) is 48.4 Å². The second kappa shape index (κ2) is 7.65. The molecule has 0 saturated carbocycles. The summed E-state index contributed by atoms with van der Waals surface area (Å²) in [6, 6.07) is 3.72. The number of hydrogen-bond donors (Lipinski definition) is 1. The van der Waals surface area contributed by atoms with Gasteiger partial charge in [-0.1, -0.05) is 5.16 Å². The normalized spacial score (nSPS) is 15.9. The third-order valence-corrected chi connectivity index (χ3v) is 4.42. The third kappa shape index (κ3) is 4.17. The summed E-state index contributed by atoms with van der Waals surface area (Å²) in [7, 11) is 0. The maximum absolute atomic E-state index is 12.5. The fourth-order valence-corrected chi connectivity index (χ4v) is 3.01. The molecule has 7 nitrogen and oxygen atoms in total. The summed E-state index contributed by atoms with van der Waals surface area (Å²) < 4.78 is 10.5. The SMILES string of the molecule is Cc1noc(C)c1C[C@H](C)NC(=O)c1cc(N2CCOCC2)ccn1. The molecule has 1 amide bonds. The summed E-state index contributed by atoms with van der Waals surface area (Å²) in [6.45, 7) is 8.83. The van der Waals surface area contributed by atoms with Crippen molar-refractivity contribution in [1.29, 1.82) is 0 Å². The number of carbonyl (C=O) groups excluding carboxylic acids is 1. The van der Waals surface area contributed by atoms with E-state index < -0.39 is 0 Å². The number of amides is 1. The molecule has 0 aromatic carbocycles.